The van der Waals surface area contributed by atoms with Crippen molar-refractivity contribution in [2.24, 2.45) is 0 Å². The third kappa shape index (κ3) is 4.86. The highest BCUT2D eigenvalue weighted by Crippen LogP contribution is 2.17. The molecule has 1 saturated heterocycles. The van der Waals surface area contributed by atoms with E-state index in [2.05, 4.69) is 58.7 Å². The Bertz CT molecular complexity index is 648. The fourth-order valence-corrected chi connectivity index (χ4v) is 3.97. The summed E-state index contributed by atoms with van der Waals surface area (Å²) in [6.07, 6.45) is 0.624. The number of morpholine rings is 1. The number of benzene rings is 1. The summed E-state index contributed by atoms with van der Waals surface area (Å²) < 4.78 is 5.84. The molecule has 2 unspecified atom stereocenters. The third-order valence-electron chi connectivity index (χ3n) is 4.30. The first-order valence-corrected chi connectivity index (χ1v) is 9.54. The van der Waals surface area contributed by atoms with Gasteiger partial charge in [0.2, 0.25) is 0 Å². The lowest BCUT2D eigenvalue weighted by molar-refractivity contribution is -0.0705. The number of ether oxygens (including phenoxy) is 1. The van der Waals surface area contributed by atoms with E-state index in [0.717, 1.165) is 43.4 Å². The van der Waals surface area contributed by atoms with Gasteiger partial charge in [0.25, 0.3) is 0 Å². The molecule has 1 aromatic heterocycles. The van der Waals surface area contributed by atoms with E-state index in [0.29, 0.717) is 12.2 Å². The Labute approximate surface area is 148 Å². The molecule has 2 heterocycles. The minimum absolute atomic E-state index is 0.312. The van der Waals surface area contributed by atoms with Gasteiger partial charge in [-0.3, -0.25) is 4.90 Å². The maximum absolute atomic E-state index is 5.84. The van der Waals surface area contributed by atoms with E-state index in [1.54, 1.807) is 11.3 Å². The molecule has 4 nitrogen and oxygen atoms in total. The van der Waals surface area contributed by atoms with Gasteiger partial charge in [0.1, 0.15) is 0 Å². The number of nitrogens with one attached hydrogen (secondary N) is 1. The summed E-state index contributed by atoms with van der Waals surface area (Å²) in [4.78, 5) is 7.01. The molecule has 2 aromatic rings. The summed E-state index contributed by atoms with van der Waals surface area (Å²) in [5, 5.41) is 6.78. The van der Waals surface area contributed by atoms with Crippen molar-refractivity contribution in [1.82, 2.24) is 15.2 Å². The lowest BCUT2D eigenvalue weighted by Crippen LogP contribution is -2.45. The van der Waals surface area contributed by atoms with Gasteiger partial charge in [-0.05, 0) is 31.9 Å². The molecule has 1 fully saturated rings. The molecular formula is C19H27N3OS. The highest BCUT2D eigenvalue weighted by atomic mass is 32.1. The average Bonchev–Trinajstić information content (AvgIpc) is 2.93. The summed E-state index contributed by atoms with van der Waals surface area (Å²) >= 11 is 1.71. The predicted octanol–water partition coefficient (Wildman–Crippen LogP) is 3.35. The molecule has 1 aliphatic rings. The summed E-state index contributed by atoms with van der Waals surface area (Å²) in [7, 11) is 0. The van der Waals surface area contributed by atoms with Crippen molar-refractivity contribution in [1.29, 1.82) is 0 Å². The second-order valence-corrected chi connectivity index (χ2v) is 7.74. The number of nitrogens with zero attached hydrogens (tertiary/aromatic N) is 2. The van der Waals surface area contributed by atoms with Gasteiger partial charge in [0.15, 0.2) is 0 Å². The van der Waals surface area contributed by atoms with Crippen LogP contribution >= 0.6 is 11.3 Å². The van der Waals surface area contributed by atoms with Gasteiger partial charge in [-0.2, -0.15) is 0 Å². The lowest BCUT2D eigenvalue weighted by Gasteiger charge is -2.35. The molecule has 0 saturated carbocycles. The van der Waals surface area contributed by atoms with Crippen molar-refractivity contribution >= 4 is 11.3 Å². The van der Waals surface area contributed by atoms with Crippen LogP contribution in [0.1, 0.15) is 35.7 Å². The Morgan fingerprint density at radius 2 is 1.88 bits per heavy atom. The van der Waals surface area contributed by atoms with Gasteiger partial charge in [0, 0.05) is 38.1 Å². The maximum atomic E-state index is 5.84. The number of rotatable bonds is 6. The molecule has 0 spiro atoms. The molecular weight excluding hydrogens is 318 g/mol. The van der Waals surface area contributed by atoms with Crippen LogP contribution < -0.4 is 5.32 Å². The molecule has 1 aromatic carbocycles. The van der Waals surface area contributed by atoms with Crippen molar-refractivity contribution in [2.75, 3.05) is 13.1 Å². The second kappa shape index (κ2) is 8.21. The van der Waals surface area contributed by atoms with Gasteiger partial charge in [0.05, 0.1) is 22.9 Å². The zero-order valence-electron chi connectivity index (χ0n) is 14.8. The van der Waals surface area contributed by atoms with Crippen molar-refractivity contribution in [2.45, 2.75) is 52.6 Å². The summed E-state index contributed by atoms with van der Waals surface area (Å²) in [5.74, 6) is 0. The van der Waals surface area contributed by atoms with Crippen LogP contribution in [-0.4, -0.2) is 35.2 Å². The van der Waals surface area contributed by atoms with Crippen LogP contribution in [0.2, 0.25) is 0 Å². The predicted molar refractivity (Wildman–Crippen MR) is 99.1 cm³/mol. The molecule has 0 amide bonds. The normalized spacial score (nSPS) is 22.0. The first-order valence-electron chi connectivity index (χ1n) is 8.66. The molecule has 0 aliphatic carbocycles. The fraction of sp³-hybridized carbons (Fsp3) is 0.526. The molecule has 0 radical (unpaired) electrons. The molecule has 0 bridgehead atoms. The van der Waals surface area contributed by atoms with E-state index in [9.17, 15) is 0 Å². The quantitative estimate of drug-likeness (QED) is 0.871. The number of hydrogen-bond acceptors (Lipinski definition) is 5. The van der Waals surface area contributed by atoms with E-state index >= 15 is 0 Å². The minimum atomic E-state index is 0.312. The Morgan fingerprint density at radius 3 is 2.54 bits per heavy atom. The van der Waals surface area contributed by atoms with Gasteiger partial charge < -0.3 is 10.1 Å². The largest absolute Gasteiger partial charge is 0.373 e. The highest BCUT2D eigenvalue weighted by Gasteiger charge is 2.22. The zero-order chi connectivity index (χ0) is 16.9. The van der Waals surface area contributed by atoms with Crippen molar-refractivity contribution < 1.29 is 4.74 Å². The molecule has 1 N–H and O–H groups in total. The van der Waals surface area contributed by atoms with Crippen LogP contribution in [0.25, 0.3) is 0 Å². The van der Waals surface area contributed by atoms with Gasteiger partial charge >= 0.3 is 0 Å². The van der Waals surface area contributed by atoms with Gasteiger partial charge in [-0.15, -0.1) is 11.3 Å². The van der Waals surface area contributed by atoms with E-state index in [4.69, 9.17) is 4.74 Å². The van der Waals surface area contributed by atoms with E-state index in [1.807, 2.05) is 6.92 Å². The molecule has 5 heteroatoms. The summed E-state index contributed by atoms with van der Waals surface area (Å²) in [5.41, 5.74) is 3.91. The van der Waals surface area contributed by atoms with Crippen LogP contribution in [0.3, 0.4) is 0 Å². The number of aromatic nitrogens is 1. The van der Waals surface area contributed by atoms with Crippen LogP contribution in [0.5, 0.6) is 0 Å². The van der Waals surface area contributed by atoms with Gasteiger partial charge in [-0.25, -0.2) is 4.98 Å². The molecule has 130 valence electrons. The minimum Gasteiger partial charge on any atom is -0.373 e. The maximum Gasteiger partial charge on any atom is 0.0897 e. The Balaban J connectivity index is 1.58. The van der Waals surface area contributed by atoms with E-state index < -0.39 is 0 Å². The van der Waals surface area contributed by atoms with Crippen molar-refractivity contribution in [3.05, 3.63) is 51.5 Å². The smallest absolute Gasteiger partial charge is 0.0897 e. The second-order valence-electron chi connectivity index (χ2n) is 6.68. The monoisotopic (exact) mass is 345 g/mol. The first kappa shape index (κ1) is 17.5. The lowest BCUT2D eigenvalue weighted by atomic mass is 10.1. The fourth-order valence-electron chi connectivity index (χ4n) is 3.35. The zero-order valence-corrected chi connectivity index (χ0v) is 15.6. The van der Waals surface area contributed by atoms with Crippen LogP contribution in [-0.2, 0) is 24.4 Å². The Morgan fingerprint density at radius 1 is 1.17 bits per heavy atom. The molecule has 2 atom stereocenters. The first-order chi connectivity index (χ1) is 11.6. The molecule has 1 aliphatic heterocycles. The number of thiazole rings is 1. The highest BCUT2D eigenvalue weighted by molar-refractivity contribution is 7.09. The summed E-state index contributed by atoms with van der Waals surface area (Å²) in [6, 6.07) is 8.73. The van der Waals surface area contributed by atoms with E-state index in [-0.39, 0.29) is 0 Å². The van der Waals surface area contributed by atoms with Crippen molar-refractivity contribution in [3.63, 3.8) is 0 Å². The summed E-state index contributed by atoms with van der Waals surface area (Å²) in [6.45, 7) is 11.1. The Hall–Kier alpha value is -1.27. The van der Waals surface area contributed by atoms with Gasteiger partial charge in [-0.1, -0.05) is 24.3 Å². The Kier molecular flexibility index (Phi) is 6.00. The van der Waals surface area contributed by atoms with E-state index in [1.165, 1.54) is 11.1 Å². The SMILES string of the molecule is Cc1nc(CNCc2ccccc2CN2CC(C)OC(C)C2)cs1. The standard InChI is InChI=1S/C19H27N3OS/c1-14-10-22(11-15(2)23-14)12-18-7-5-4-6-17(18)8-20-9-19-13-24-16(3)21-19/h4-7,13-15,20H,8-12H2,1-3H3. The number of aryl methyl sites for hydroxylation is 1. The third-order valence-corrected chi connectivity index (χ3v) is 5.12. The topological polar surface area (TPSA) is 37.4 Å². The van der Waals surface area contributed by atoms with Crippen molar-refractivity contribution in [3.8, 4) is 0 Å². The van der Waals surface area contributed by atoms with Crippen LogP contribution in [0.4, 0.5) is 0 Å². The molecule has 24 heavy (non-hydrogen) atoms. The van der Waals surface area contributed by atoms with Crippen LogP contribution in [0.15, 0.2) is 29.6 Å². The molecule has 3 rings (SSSR count). The van der Waals surface area contributed by atoms with Crippen LogP contribution in [0, 0.1) is 6.92 Å². The number of hydrogen-bond donors (Lipinski definition) is 1. The average molecular weight is 346 g/mol.